The first-order valence-electron chi connectivity index (χ1n) is 6.04. The largest absolute Gasteiger partial charge is 0.379 e. The molecule has 0 atom stereocenters. The third-order valence-corrected chi connectivity index (χ3v) is 3.66. The molecule has 0 spiro atoms. The van der Waals surface area contributed by atoms with Gasteiger partial charge in [-0.2, -0.15) is 8.42 Å². The van der Waals surface area contributed by atoms with E-state index in [1.807, 2.05) is 0 Å². The van der Waals surface area contributed by atoms with Crippen LogP contribution in [0.1, 0.15) is 20.3 Å². The second-order valence-corrected chi connectivity index (χ2v) is 6.00. The Morgan fingerprint density at radius 1 is 1.06 bits per heavy atom. The van der Waals surface area contributed by atoms with Gasteiger partial charge < -0.3 is 4.74 Å². The molecule has 0 N–H and O–H groups in total. The summed E-state index contributed by atoms with van der Waals surface area (Å²) in [5.41, 5.74) is 0. The first kappa shape index (κ1) is 15.1. The highest BCUT2D eigenvalue weighted by atomic mass is 32.2. The van der Waals surface area contributed by atoms with Crippen LogP contribution in [0, 0.1) is 5.92 Å². The van der Waals surface area contributed by atoms with Gasteiger partial charge in [-0.25, -0.2) is 0 Å². The molecule has 1 rings (SSSR count). The fraction of sp³-hybridized carbons (Fsp3) is 0.538. The Morgan fingerprint density at radius 2 is 1.72 bits per heavy atom. The molecule has 1 aromatic rings. The molecule has 0 unspecified atom stereocenters. The summed E-state index contributed by atoms with van der Waals surface area (Å²) in [6.45, 7) is 5.19. The summed E-state index contributed by atoms with van der Waals surface area (Å²) in [5.74, 6) is 0.582. The molecule has 0 heterocycles. The Kier molecular flexibility index (Phi) is 6.32. The highest BCUT2D eigenvalue weighted by Gasteiger charge is 2.13. The Balaban J connectivity index is 2.27. The predicted molar refractivity (Wildman–Crippen MR) is 69.9 cm³/mol. The van der Waals surface area contributed by atoms with E-state index in [2.05, 4.69) is 13.8 Å². The van der Waals surface area contributed by atoms with Crippen LogP contribution in [0.15, 0.2) is 35.2 Å². The van der Waals surface area contributed by atoms with Crippen LogP contribution in [0.4, 0.5) is 0 Å². The molecular formula is C13H20O4S. The molecule has 5 heteroatoms. The van der Waals surface area contributed by atoms with Crippen LogP contribution in [0.2, 0.25) is 0 Å². The van der Waals surface area contributed by atoms with Crippen molar-refractivity contribution in [3.8, 4) is 0 Å². The van der Waals surface area contributed by atoms with Crippen molar-refractivity contribution in [2.24, 2.45) is 5.92 Å². The maximum absolute atomic E-state index is 11.7. The zero-order chi connectivity index (χ0) is 13.4. The zero-order valence-corrected chi connectivity index (χ0v) is 11.7. The molecule has 0 bridgehead atoms. The maximum Gasteiger partial charge on any atom is 0.297 e. The summed E-state index contributed by atoms with van der Waals surface area (Å²) in [6, 6.07) is 8.10. The summed E-state index contributed by atoms with van der Waals surface area (Å²) in [4.78, 5) is 0.173. The van der Waals surface area contributed by atoms with Crippen LogP contribution in [0.5, 0.6) is 0 Å². The van der Waals surface area contributed by atoms with E-state index in [1.165, 1.54) is 12.1 Å². The van der Waals surface area contributed by atoms with E-state index >= 15 is 0 Å². The van der Waals surface area contributed by atoms with Crippen LogP contribution in [-0.2, 0) is 19.0 Å². The summed E-state index contributed by atoms with van der Waals surface area (Å²) in [7, 11) is -3.64. The molecule has 4 nitrogen and oxygen atoms in total. The van der Waals surface area contributed by atoms with Crippen molar-refractivity contribution >= 4 is 10.1 Å². The highest BCUT2D eigenvalue weighted by Crippen LogP contribution is 2.10. The molecule has 0 saturated carbocycles. The van der Waals surface area contributed by atoms with Crippen molar-refractivity contribution in [1.29, 1.82) is 0 Å². The maximum atomic E-state index is 11.7. The molecule has 0 fully saturated rings. The molecular weight excluding hydrogens is 252 g/mol. The van der Waals surface area contributed by atoms with Gasteiger partial charge in [-0.05, 0) is 24.5 Å². The Bertz CT molecular complexity index is 426. The lowest BCUT2D eigenvalue weighted by Gasteiger charge is -2.07. The van der Waals surface area contributed by atoms with Gasteiger partial charge in [0.25, 0.3) is 10.1 Å². The van der Waals surface area contributed by atoms with Crippen molar-refractivity contribution in [1.82, 2.24) is 0 Å². The number of hydrogen-bond acceptors (Lipinski definition) is 4. The van der Waals surface area contributed by atoms with E-state index in [0.29, 0.717) is 19.1 Å². The van der Waals surface area contributed by atoms with Crippen molar-refractivity contribution < 1.29 is 17.3 Å². The Hall–Kier alpha value is -0.910. The second kappa shape index (κ2) is 7.51. The number of rotatable bonds is 8. The molecule has 0 saturated heterocycles. The lowest BCUT2D eigenvalue weighted by molar-refractivity contribution is 0.0943. The fourth-order valence-corrected chi connectivity index (χ4v) is 2.19. The van der Waals surface area contributed by atoms with E-state index in [4.69, 9.17) is 8.92 Å². The number of benzene rings is 1. The normalized spacial score (nSPS) is 11.9. The van der Waals surface area contributed by atoms with Crippen molar-refractivity contribution in [2.75, 3.05) is 19.8 Å². The molecule has 0 radical (unpaired) electrons. The minimum atomic E-state index is -3.64. The molecule has 0 aliphatic carbocycles. The van der Waals surface area contributed by atoms with E-state index in [0.717, 1.165) is 6.42 Å². The lowest BCUT2D eigenvalue weighted by Crippen LogP contribution is -2.12. The number of ether oxygens (including phenoxy) is 1. The monoisotopic (exact) mass is 272 g/mol. The first-order chi connectivity index (χ1) is 8.52. The van der Waals surface area contributed by atoms with E-state index in [-0.39, 0.29) is 11.5 Å². The van der Waals surface area contributed by atoms with Crippen LogP contribution in [-0.4, -0.2) is 28.2 Å². The first-order valence-corrected chi connectivity index (χ1v) is 7.45. The Labute approximate surface area is 109 Å². The topological polar surface area (TPSA) is 52.6 Å². The third kappa shape index (κ3) is 5.62. The molecule has 0 aliphatic rings. The van der Waals surface area contributed by atoms with Crippen LogP contribution in [0.25, 0.3) is 0 Å². The van der Waals surface area contributed by atoms with E-state index in [9.17, 15) is 8.42 Å². The Morgan fingerprint density at radius 3 is 2.33 bits per heavy atom. The lowest BCUT2D eigenvalue weighted by atomic mass is 10.1. The highest BCUT2D eigenvalue weighted by molar-refractivity contribution is 7.86. The molecule has 0 amide bonds. The van der Waals surface area contributed by atoms with Gasteiger partial charge in [-0.1, -0.05) is 32.0 Å². The van der Waals surface area contributed by atoms with Crippen LogP contribution >= 0.6 is 0 Å². The van der Waals surface area contributed by atoms with Gasteiger partial charge in [-0.3, -0.25) is 4.18 Å². The fourth-order valence-electron chi connectivity index (χ4n) is 1.28. The van der Waals surface area contributed by atoms with Gasteiger partial charge in [0, 0.05) is 6.61 Å². The van der Waals surface area contributed by atoms with Crippen LogP contribution < -0.4 is 0 Å². The standard InChI is InChI=1S/C13H20O4S/c1-12(2)8-9-16-10-11-17-18(14,15)13-6-4-3-5-7-13/h3-7,12H,8-11H2,1-2H3. The van der Waals surface area contributed by atoms with Crippen molar-refractivity contribution in [2.45, 2.75) is 25.2 Å². The smallest absolute Gasteiger partial charge is 0.297 e. The quantitative estimate of drug-likeness (QED) is 0.539. The minimum absolute atomic E-state index is 0.0509. The van der Waals surface area contributed by atoms with Gasteiger partial charge >= 0.3 is 0 Å². The van der Waals surface area contributed by atoms with E-state index < -0.39 is 10.1 Å². The van der Waals surface area contributed by atoms with Crippen LogP contribution in [0.3, 0.4) is 0 Å². The molecule has 0 aliphatic heterocycles. The molecule has 102 valence electrons. The average Bonchev–Trinajstić information content (AvgIpc) is 2.34. The van der Waals surface area contributed by atoms with Gasteiger partial charge in [0.1, 0.15) is 0 Å². The zero-order valence-electron chi connectivity index (χ0n) is 10.8. The molecule has 0 aromatic heterocycles. The SMILES string of the molecule is CC(C)CCOCCOS(=O)(=O)c1ccccc1. The van der Waals surface area contributed by atoms with Gasteiger partial charge in [0.2, 0.25) is 0 Å². The summed E-state index contributed by atoms with van der Waals surface area (Å²) in [6.07, 6.45) is 0.964. The molecule has 1 aromatic carbocycles. The predicted octanol–water partition coefficient (Wildman–Crippen LogP) is 2.45. The number of hydrogen-bond donors (Lipinski definition) is 0. The molecule has 18 heavy (non-hydrogen) atoms. The van der Waals surface area contributed by atoms with Crippen molar-refractivity contribution in [3.05, 3.63) is 30.3 Å². The second-order valence-electron chi connectivity index (χ2n) is 4.38. The van der Waals surface area contributed by atoms with Crippen molar-refractivity contribution in [3.63, 3.8) is 0 Å². The summed E-state index contributed by atoms with van der Waals surface area (Å²) < 4.78 is 33.5. The van der Waals surface area contributed by atoms with Gasteiger partial charge in [0.05, 0.1) is 18.1 Å². The third-order valence-electron chi connectivity index (χ3n) is 2.34. The summed E-state index contributed by atoms with van der Waals surface area (Å²) >= 11 is 0. The summed E-state index contributed by atoms with van der Waals surface area (Å²) in [5, 5.41) is 0. The van der Waals surface area contributed by atoms with Gasteiger partial charge in [0.15, 0.2) is 0 Å². The van der Waals surface area contributed by atoms with E-state index in [1.54, 1.807) is 18.2 Å². The van der Waals surface area contributed by atoms with Gasteiger partial charge in [-0.15, -0.1) is 0 Å². The average molecular weight is 272 g/mol. The minimum Gasteiger partial charge on any atom is -0.379 e.